The van der Waals surface area contributed by atoms with Crippen LogP contribution in [0.5, 0.6) is 0 Å². The summed E-state index contributed by atoms with van der Waals surface area (Å²) < 4.78 is 4.31. The molecule has 5 nitrogen and oxygen atoms in total. The van der Waals surface area contributed by atoms with Crippen LogP contribution in [0.3, 0.4) is 0 Å². The maximum absolute atomic E-state index is 4.81. The highest BCUT2D eigenvalue weighted by molar-refractivity contribution is 5.64. The molecular weight excluding hydrogens is 310 g/mol. The van der Waals surface area contributed by atoms with E-state index in [1.807, 2.05) is 6.20 Å². The molecule has 5 heteroatoms. The normalized spacial score (nSPS) is 15.1. The molecule has 0 saturated carbocycles. The van der Waals surface area contributed by atoms with Gasteiger partial charge >= 0.3 is 0 Å². The third-order valence-electron chi connectivity index (χ3n) is 5.17. The van der Waals surface area contributed by atoms with E-state index in [1.54, 1.807) is 0 Å². The van der Waals surface area contributed by atoms with Crippen molar-refractivity contribution in [2.45, 2.75) is 32.9 Å². The first-order valence-corrected chi connectivity index (χ1v) is 9.08. The van der Waals surface area contributed by atoms with Crippen molar-refractivity contribution in [2.24, 2.45) is 7.05 Å². The number of nitrogens with zero attached hydrogens (tertiary/aromatic N) is 5. The monoisotopic (exact) mass is 335 g/mol. The van der Waals surface area contributed by atoms with Crippen LogP contribution in [0.15, 0.2) is 42.7 Å². The highest BCUT2D eigenvalue weighted by atomic mass is 15.3. The Hall–Kier alpha value is -2.40. The van der Waals surface area contributed by atoms with Crippen molar-refractivity contribution < 1.29 is 0 Å². The number of imidazole rings is 1. The molecule has 130 valence electrons. The van der Waals surface area contributed by atoms with Crippen molar-refractivity contribution >= 4 is 0 Å². The minimum absolute atomic E-state index is 0.920. The number of fused-ring (bicyclic) bond motifs is 1. The van der Waals surface area contributed by atoms with E-state index in [4.69, 9.17) is 5.10 Å². The molecule has 3 aromatic rings. The number of aromatic nitrogens is 4. The lowest BCUT2D eigenvalue weighted by Gasteiger charge is -2.20. The predicted molar refractivity (Wildman–Crippen MR) is 99.2 cm³/mol. The van der Waals surface area contributed by atoms with Gasteiger partial charge in [-0.15, -0.1) is 0 Å². The van der Waals surface area contributed by atoms with Crippen LogP contribution in [0.2, 0.25) is 0 Å². The zero-order chi connectivity index (χ0) is 17.2. The lowest BCUT2D eigenvalue weighted by molar-refractivity contribution is 0.267. The molecule has 0 atom stereocenters. The van der Waals surface area contributed by atoms with E-state index < -0.39 is 0 Å². The number of rotatable bonds is 4. The SMILES string of the molecule is CCn1ccnc1CN1CCc2c(-c3ccccc3)nn(C)c2CC1. The maximum Gasteiger partial charge on any atom is 0.122 e. The number of benzene rings is 1. The summed E-state index contributed by atoms with van der Waals surface area (Å²) >= 11 is 0. The summed E-state index contributed by atoms with van der Waals surface area (Å²) in [5.74, 6) is 1.16. The number of hydrogen-bond acceptors (Lipinski definition) is 3. The second kappa shape index (κ2) is 6.84. The lowest BCUT2D eigenvalue weighted by Crippen LogP contribution is -2.27. The predicted octanol–water partition coefficient (Wildman–Crippen LogP) is 2.90. The van der Waals surface area contributed by atoms with E-state index in [0.29, 0.717) is 0 Å². The van der Waals surface area contributed by atoms with Crippen LogP contribution in [-0.4, -0.2) is 37.3 Å². The molecule has 0 N–H and O–H groups in total. The van der Waals surface area contributed by atoms with Crippen LogP contribution in [0.4, 0.5) is 0 Å². The Kier molecular flexibility index (Phi) is 4.40. The van der Waals surface area contributed by atoms with Crippen molar-refractivity contribution in [3.8, 4) is 11.3 Å². The van der Waals surface area contributed by atoms with E-state index in [2.05, 4.69) is 69.6 Å². The van der Waals surface area contributed by atoms with Gasteiger partial charge in [0.2, 0.25) is 0 Å². The van der Waals surface area contributed by atoms with Crippen molar-refractivity contribution in [3.63, 3.8) is 0 Å². The van der Waals surface area contributed by atoms with Crippen LogP contribution >= 0.6 is 0 Å². The smallest absolute Gasteiger partial charge is 0.122 e. The fourth-order valence-electron chi connectivity index (χ4n) is 3.79. The first-order valence-electron chi connectivity index (χ1n) is 9.08. The van der Waals surface area contributed by atoms with Gasteiger partial charge in [0.05, 0.1) is 12.2 Å². The highest BCUT2D eigenvalue weighted by Gasteiger charge is 2.22. The second-order valence-corrected chi connectivity index (χ2v) is 6.67. The largest absolute Gasteiger partial charge is 0.334 e. The Bertz CT molecular complexity index is 846. The third kappa shape index (κ3) is 3.12. The minimum atomic E-state index is 0.920. The summed E-state index contributed by atoms with van der Waals surface area (Å²) in [7, 11) is 2.07. The zero-order valence-electron chi connectivity index (χ0n) is 15.0. The van der Waals surface area contributed by atoms with Crippen molar-refractivity contribution in [1.29, 1.82) is 0 Å². The lowest BCUT2D eigenvalue weighted by atomic mass is 10.0. The second-order valence-electron chi connectivity index (χ2n) is 6.67. The fourth-order valence-corrected chi connectivity index (χ4v) is 3.79. The van der Waals surface area contributed by atoms with Crippen LogP contribution < -0.4 is 0 Å². The summed E-state index contributed by atoms with van der Waals surface area (Å²) in [5, 5.41) is 4.81. The van der Waals surface area contributed by atoms with Crippen LogP contribution in [0.1, 0.15) is 24.0 Å². The van der Waals surface area contributed by atoms with Gasteiger partial charge in [-0.2, -0.15) is 5.10 Å². The molecule has 0 radical (unpaired) electrons. The molecule has 0 fully saturated rings. The van der Waals surface area contributed by atoms with Crippen molar-refractivity contribution in [2.75, 3.05) is 13.1 Å². The average molecular weight is 335 g/mol. The Morgan fingerprint density at radius 1 is 1.08 bits per heavy atom. The number of hydrogen-bond donors (Lipinski definition) is 0. The van der Waals surface area contributed by atoms with Crippen molar-refractivity contribution in [1.82, 2.24) is 24.2 Å². The van der Waals surface area contributed by atoms with Crippen LogP contribution in [-0.2, 0) is 33.0 Å². The van der Waals surface area contributed by atoms with E-state index in [1.165, 1.54) is 16.8 Å². The Morgan fingerprint density at radius 2 is 1.88 bits per heavy atom. The van der Waals surface area contributed by atoms with Gasteiger partial charge in [0.25, 0.3) is 0 Å². The number of aryl methyl sites for hydroxylation is 2. The molecule has 1 aliphatic rings. The zero-order valence-corrected chi connectivity index (χ0v) is 15.0. The Balaban J connectivity index is 1.56. The molecule has 3 heterocycles. The molecule has 0 bridgehead atoms. The Labute approximate surface area is 148 Å². The van der Waals surface area contributed by atoms with Crippen LogP contribution in [0, 0.1) is 0 Å². The average Bonchev–Trinajstić information content (AvgIpc) is 3.15. The van der Waals surface area contributed by atoms with E-state index in [-0.39, 0.29) is 0 Å². The van der Waals surface area contributed by atoms with Gasteiger partial charge in [-0.1, -0.05) is 30.3 Å². The summed E-state index contributed by atoms with van der Waals surface area (Å²) in [6, 6.07) is 10.5. The molecule has 0 unspecified atom stereocenters. The van der Waals surface area contributed by atoms with Gasteiger partial charge < -0.3 is 4.57 Å². The van der Waals surface area contributed by atoms with Gasteiger partial charge in [0, 0.05) is 62.3 Å². The topological polar surface area (TPSA) is 38.9 Å². The molecular formula is C20H25N5. The molecule has 4 rings (SSSR count). The van der Waals surface area contributed by atoms with Crippen molar-refractivity contribution in [3.05, 3.63) is 59.8 Å². The third-order valence-corrected chi connectivity index (χ3v) is 5.17. The summed E-state index contributed by atoms with van der Waals surface area (Å²) in [6.07, 6.45) is 6.06. The van der Waals surface area contributed by atoms with Gasteiger partial charge in [-0.05, 0) is 13.3 Å². The molecule has 0 amide bonds. The molecule has 1 aliphatic heterocycles. The summed E-state index contributed by atoms with van der Waals surface area (Å²) in [5.41, 5.74) is 5.15. The molecule has 0 saturated heterocycles. The molecule has 25 heavy (non-hydrogen) atoms. The first-order chi connectivity index (χ1) is 12.3. The highest BCUT2D eigenvalue weighted by Crippen LogP contribution is 2.28. The molecule has 0 aliphatic carbocycles. The summed E-state index contributed by atoms with van der Waals surface area (Å²) in [6.45, 7) is 6.17. The molecule has 0 spiro atoms. The van der Waals surface area contributed by atoms with E-state index in [9.17, 15) is 0 Å². The quantitative estimate of drug-likeness (QED) is 0.736. The fraction of sp³-hybridized carbons (Fsp3) is 0.400. The van der Waals surface area contributed by atoms with E-state index in [0.717, 1.165) is 50.5 Å². The standard InChI is InChI=1S/C20H25N5/c1-3-25-14-11-21-19(25)15-24-12-9-17-18(10-13-24)23(2)22-20(17)16-7-5-4-6-8-16/h4-8,11,14H,3,9-10,12-13,15H2,1-2H3. The molecule has 2 aromatic heterocycles. The minimum Gasteiger partial charge on any atom is -0.334 e. The summed E-state index contributed by atoms with van der Waals surface area (Å²) in [4.78, 5) is 7.05. The van der Waals surface area contributed by atoms with Gasteiger partial charge in [0.1, 0.15) is 5.82 Å². The first kappa shape index (κ1) is 16.1. The van der Waals surface area contributed by atoms with E-state index >= 15 is 0 Å². The van der Waals surface area contributed by atoms with Crippen LogP contribution in [0.25, 0.3) is 11.3 Å². The van der Waals surface area contributed by atoms with Gasteiger partial charge in [0.15, 0.2) is 0 Å². The van der Waals surface area contributed by atoms with Gasteiger partial charge in [-0.25, -0.2) is 4.98 Å². The molecule has 1 aromatic carbocycles. The Morgan fingerprint density at radius 3 is 2.68 bits per heavy atom. The maximum atomic E-state index is 4.81. The van der Waals surface area contributed by atoms with Gasteiger partial charge in [-0.3, -0.25) is 9.58 Å².